The van der Waals surface area contributed by atoms with E-state index in [2.05, 4.69) is 15.3 Å². The minimum absolute atomic E-state index is 0.0707. The van der Waals surface area contributed by atoms with Gasteiger partial charge in [0, 0.05) is 22.4 Å². The molecule has 2 heterocycles. The topological polar surface area (TPSA) is 74.8 Å². The Morgan fingerprint density at radius 2 is 1.88 bits per heavy atom. The second-order valence-corrected chi connectivity index (χ2v) is 5.47. The van der Waals surface area contributed by atoms with Crippen LogP contribution >= 0.6 is 0 Å². The maximum Gasteiger partial charge on any atom is 0.256 e. The Hall–Kier alpha value is -3.47. The van der Waals surface area contributed by atoms with Crippen LogP contribution in [0, 0.1) is 0 Å². The van der Waals surface area contributed by atoms with Gasteiger partial charge in [-0.3, -0.25) is 9.59 Å². The van der Waals surface area contributed by atoms with Gasteiger partial charge in [-0.15, -0.1) is 0 Å². The van der Waals surface area contributed by atoms with E-state index in [1.165, 1.54) is 0 Å². The summed E-state index contributed by atoms with van der Waals surface area (Å²) in [5.41, 5.74) is 3.83. The van der Waals surface area contributed by atoms with Crippen LogP contribution in [0.2, 0.25) is 0 Å². The summed E-state index contributed by atoms with van der Waals surface area (Å²) in [6.07, 6.45) is 4.91. The Bertz CT molecular complexity index is 958. The number of carbonyl (C=O) groups excluding carboxylic acids is 2. The zero-order valence-electron chi connectivity index (χ0n) is 12.6. The zero-order valence-corrected chi connectivity index (χ0v) is 12.6. The van der Waals surface area contributed by atoms with Gasteiger partial charge in [0.1, 0.15) is 0 Å². The third kappa shape index (κ3) is 2.42. The normalized spacial score (nSPS) is 14.5. The summed E-state index contributed by atoms with van der Waals surface area (Å²) in [7, 11) is 0. The Balaban J connectivity index is 1.77. The number of nitrogens with zero attached hydrogens (tertiary/aromatic N) is 1. The van der Waals surface area contributed by atoms with E-state index in [0.717, 1.165) is 11.3 Å². The first-order chi connectivity index (χ1) is 11.7. The van der Waals surface area contributed by atoms with Gasteiger partial charge >= 0.3 is 0 Å². The first-order valence-electron chi connectivity index (χ1n) is 7.48. The zero-order chi connectivity index (χ0) is 16.5. The summed E-state index contributed by atoms with van der Waals surface area (Å²) in [5.74, 6) is -0.262. The van der Waals surface area contributed by atoms with Gasteiger partial charge in [0.25, 0.3) is 5.91 Å². The highest BCUT2D eigenvalue weighted by molar-refractivity contribution is 6.35. The molecule has 3 aromatic rings. The number of nitrogens with one attached hydrogen (secondary N) is 2. The monoisotopic (exact) mass is 315 g/mol. The van der Waals surface area contributed by atoms with Crippen molar-refractivity contribution in [3.63, 3.8) is 0 Å². The number of hydrogen-bond donors (Lipinski definition) is 2. The number of fused-ring (bicyclic) bond motifs is 1. The lowest BCUT2D eigenvalue weighted by molar-refractivity contribution is -0.110. The van der Waals surface area contributed by atoms with Crippen molar-refractivity contribution in [2.24, 2.45) is 0 Å². The van der Waals surface area contributed by atoms with Gasteiger partial charge in [-0.05, 0) is 24.3 Å². The fourth-order valence-electron chi connectivity index (χ4n) is 2.73. The summed E-state index contributed by atoms with van der Waals surface area (Å²) in [6.45, 7) is 0. The average molecular weight is 315 g/mol. The predicted molar refractivity (Wildman–Crippen MR) is 91.4 cm³/mol. The van der Waals surface area contributed by atoms with E-state index in [1.54, 1.807) is 48.9 Å². The fraction of sp³-hybridized carbons (Fsp3) is 0. The highest BCUT2D eigenvalue weighted by Gasteiger charge is 2.25. The molecule has 0 spiro atoms. The average Bonchev–Trinajstić information content (AvgIpc) is 3.23. The second kappa shape index (κ2) is 5.62. The third-order valence-corrected chi connectivity index (χ3v) is 3.92. The number of benzene rings is 2. The molecule has 1 amide bonds. The number of carbonyl (C=O) groups is 2. The van der Waals surface area contributed by atoms with E-state index in [9.17, 15) is 9.59 Å². The number of H-pyrrole nitrogens is 1. The summed E-state index contributed by atoms with van der Waals surface area (Å²) < 4.78 is 0. The Morgan fingerprint density at radius 3 is 2.62 bits per heavy atom. The number of amides is 1. The molecule has 2 N–H and O–H groups in total. The van der Waals surface area contributed by atoms with Gasteiger partial charge in [0.05, 0.1) is 23.8 Å². The molecule has 0 atom stereocenters. The summed E-state index contributed by atoms with van der Waals surface area (Å²) in [6, 6.07) is 14.3. The van der Waals surface area contributed by atoms with E-state index >= 15 is 0 Å². The molecule has 0 fully saturated rings. The van der Waals surface area contributed by atoms with E-state index < -0.39 is 0 Å². The minimum atomic E-state index is -0.191. The van der Waals surface area contributed by atoms with Gasteiger partial charge in [-0.25, -0.2) is 4.98 Å². The highest BCUT2D eigenvalue weighted by Crippen LogP contribution is 2.34. The minimum Gasteiger partial charge on any atom is -0.345 e. The van der Waals surface area contributed by atoms with Crippen LogP contribution in [-0.2, 0) is 4.79 Å². The van der Waals surface area contributed by atoms with Crippen molar-refractivity contribution in [3.8, 4) is 0 Å². The summed E-state index contributed by atoms with van der Waals surface area (Å²) in [4.78, 5) is 31.7. The Morgan fingerprint density at radius 1 is 1.04 bits per heavy atom. The van der Waals surface area contributed by atoms with Crippen molar-refractivity contribution in [2.45, 2.75) is 0 Å². The molecular formula is C19H13N3O2. The van der Waals surface area contributed by atoms with E-state index in [-0.39, 0.29) is 11.7 Å². The number of hydrogen-bond acceptors (Lipinski definition) is 3. The molecule has 0 aliphatic carbocycles. The molecule has 0 bridgehead atoms. The van der Waals surface area contributed by atoms with Gasteiger partial charge < -0.3 is 10.3 Å². The number of aromatic amines is 1. The molecule has 0 radical (unpaired) electrons. The van der Waals surface area contributed by atoms with Crippen molar-refractivity contribution in [1.29, 1.82) is 0 Å². The van der Waals surface area contributed by atoms with E-state index in [1.807, 2.05) is 18.2 Å². The Labute approximate surface area is 138 Å². The lowest BCUT2D eigenvalue weighted by Gasteiger charge is -2.04. The van der Waals surface area contributed by atoms with Gasteiger partial charge in [-0.1, -0.05) is 30.3 Å². The first kappa shape index (κ1) is 14.1. The molecule has 0 saturated carbocycles. The van der Waals surface area contributed by atoms with E-state index in [4.69, 9.17) is 0 Å². The Kier molecular flexibility index (Phi) is 3.31. The van der Waals surface area contributed by atoms with Crippen molar-refractivity contribution in [2.75, 3.05) is 5.32 Å². The second-order valence-electron chi connectivity index (χ2n) is 5.47. The largest absolute Gasteiger partial charge is 0.345 e. The maximum atomic E-state index is 12.6. The molecule has 0 saturated heterocycles. The number of imidazole rings is 1. The number of rotatable bonds is 3. The van der Waals surface area contributed by atoms with Crippen LogP contribution in [0.25, 0.3) is 11.6 Å². The van der Waals surface area contributed by atoms with Crippen molar-refractivity contribution >= 4 is 29.0 Å². The lowest BCUT2D eigenvalue weighted by atomic mass is 9.98. The van der Waals surface area contributed by atoms with Crippen molar-refractivity contribution < 1.29 is 9.59 Å². The van der Waals surface area contributed by atoms with Gasteiger partial charge in [0.2, 0.25) is 0 Å². The molecule has 4 rings (SSSR count). The maximum absolute atomic E-state index is 12.6. The molecular weight excluding hydrogens is 302 g/mol. The van der Waals surface area contributed by atoms with Crippen LogP contribution in [0.5, 0.6) is 0 Å². The molecule has 5 nitrogen and oxygen atoms in total. The van der Waals surface area contributed by atoms with Crippen molar-refractivity contribution in [3.05, 3.63) is 83.4 Å². The quantitative estimate of drug-likeness (QED) is 0.576. The molecule has 5 heteroatoms. The van der Waals surface area contributed by atoms with Crippen LogP contribution in [-0.4, -0.2) is 21.7 Å². The number of aromatic nitrogens is 2. The fourth-order valence-corrected chi connectivity index (χ4v) is 2.73. The van der Waals surface area contributed by atoms with Crippen LogP contribution < -0.4 is 5.32 Å². The van der Waals surface area contributed by atoms with E-state index in [0.29, 0.717) is 22.4 Å². The highest BCUT2D eigenvalue weighted by atomic mass is 16.2. The summed E-state index contributed by atoms with van der Waals surface area (Å²) >= 11 is 0. The van der Waals surface area contributed by atoms with Gasteiger partial charge in [-0.2, -0.15) is 0 Å². The number of ketones is 1. The number of anilines is 1. The van der Waals surface area contributed by atoms with Gasteiger partial charge in [0.15, 0.2) is 5.78 Å². The molecule has 0 unspecified atom stereocenters. The standard InChI is InChI=1S/C19H13N3O2/c23-18(12-4-2-1-3-5-12)13-6-7-17-15(8-13)16(19(24)22-17)9-14-10-20-11-21-14/h1-11H,(H,20,21)(H,22,24)/b16-9-. The third-order valence-electron chi connectivity index (χ3n) is 3.92. The van der Waals surface area contributed by atoms with Crippen LogP contribution in [0.3, 0.4) is 0 Å². The molecule has 1 aromatic heterocycles. The first-order valence-corrected chi connectivity index (χ1v) is 7.48. The molecule has 2 aromatic carbocycles. The molecule has 24 heavy (non-hydrogen) atoms. The lowest BCUT2D eigenvalue weighted by Crippen LogP contribution is -2.03. The van der Waals surface area contributed by atoms with Crippen LogP contribution in [0.4, 0.5) is 5.69 Å². The molecule has 1 aliphatic rings. The SMILES string of the molecule is O=C1Nc2ccc(C(=O)c3ccccc3)cc2/C1=C/c1cnc[nH]1. The van der Waals surface area contributed by atoms with Crippen LogP contribution in [0.1, 0.15) is 27.2 Å². The molecule has 116 valence electrons. The van der Waals surface area contributed by atoms with Crippen LogP contribution in [0.15, 0.2) is 61.1 Å². The summed E-state index contributed by atoms with van der Waals surface area (Å²) in [5, 5.41) is 2.81. The predicted octanol–water partition coefficient (Wildman–Crippen LogP) is 3.13. The van der Waals surface area contributed by atoms with Crippen molar-refractivity contribution in [1.82, 2.24) is 9.97 Å². The molecule has 1 aliphatic heterocycles. The smallest absolute Gasteiger partial charge is 0.256 e.